The molecule has 1 heterocycles. The largest absolute Gasteiger partial charge is 0.473 e. The van der Waals surface area contributed by atoms with E-state index in [1.54, 1.807) is 6.07 Å². The third kappa shape index (κ3) is 2.37. The van der Waals surface area contributed by atoms with E-state index < -0.39 is 20.3 Å². The van der Waals surface area contributed by atoms with Gasteiger partial charge in [0.2, 0.25) is 5.90 Å². The summed E-state index contributed by atoms with van der Waals surface area (Å²) in [7, 11) is 1.22. The van der Waals surface area contributed by atoms with E-state index in [0.29, 0.717) is 29.8 Å². The van der Waals surface area contributed by atoms with Crippen molar-refractivity contribution in [2.45, 2.75) is 56.0 Å². The van der Waals surface area contributed by atoms with Crippen molar-refractivity contribution in [1.82, 2.24) is 0 Å². The maximum Gasteiger partial charge on any atom is 0.342 e. The number of fused-ring (bicyclic) bond motifs is 1. The molecule has 4 nitrogen and oxygen atoms in total. The van der Waals surface area contributed by atoms with Gasteiger partial charge in [0.25, 0.3) is 0 Å². The number of benzene rings is 1. The number of hydrogen-bond donors (Lipinski definition) is 0. The zero-order valence-electron chi connectivity index (χ0n) is 12.8. The van der Waals surface area contributed by atoms with Crippen LogP contribution in [0.4, 0.5) is 4.39 Å². The van der Waals surface area contributed by atoms with Crippen molar-refractivity contribution in [2.75, 3.05) is 0 Å². The lowest BCUT2D eigenvalue weighted by atomic mass is 9.54. The highest BCUT2D eigenvalue weighted by Gasteiger charge is 2.63. The Bertz CT molecular complexity index is 857. The summed E-state index contributed by atoms with van der Waals surface area (Å²) in [5.74, 6) is -0.179. The molecule has 1 aliphatic heterocycles. The zero-order valence-corrected chi connectivity index (χ0v) is 15.1. The third-order valence-corrected chi connectivity index (χ3v) is 6.58. The van der Waals surface area contributed by atoms with Gasteiger partial charge in [-0.25, -0.2) is 4.39 Å². The molecule has 0 bridgehead atoms. The van der Waals surface area contributed by atoms with Crippen LogP contribution >= 0.6 is 22.3 Å². The summed E-state index contributed by atoms with van der Waals surface area (Å²) in [6.07, 6.45) is 5.04. The third-order valence-electron chi connectivity index (χ3n) is 5.74. The normalized spacial score (nSPS) is 33.5. The highest BCUT2D eigenvalue weighted by molar-refractivity contribution is 8.12. The van der Waals surface area contributed by atoms with E-state index in [9.17, 15) is 12.8 Å². The molecule has 130 valence electrons. The molecule has 2 aliphatic carbocycles. The van der Waals surface area contributed by atoms with E-state index in [1.807, 2.05) is 0 Å². The summed E-state index contributed by atoms with van der Waals surface area (Å²) in [6, 6.07) is 3.14. The molecule has 1 aromatic rings. The Morgan fingerprint density at radius 1 is 1.21 bits per heavy atom. The fraction of sp³-hybridized carbons (Fsp3) is 0.562. The van der Waals surface area contributed by atoms with E-state index >= 15 is 0 Å². The van der Waals surface area contributed by atoms with Gasteiger partial charge >= 0.3 is 9.24 Å². The molecule has 0 amide bonds. The van der Waals surface area contributed by atoms with E-state index in [-0.39, 0.29) is 11.7 Å². The zero-order chi connectivity index (χ0) is 17.2. The van der Waals surface area contributed by atoms with Gasteiger partial charge in [-0.05, 0) is 55.4 Å². The van der Waals surface area contributed by atoms with Gasteiger partial charge in [0, 0.05) is 27.5 Å². The molecule has 2 unspecified atom stereocenters. The summed E-state index contributed by atoms with van der Waals surface area (Å²) in [6.45, 7) is 0. The molecule has 0 radical (unpaired) electrons. The Morgan fingerprint density at radius 3 is 2.71 bits per heavy atom. The van der Waals surface area contributed by atoms with Crippen LogP contribution in [0.2, 0.25) is 5.02 Å². The average molecular weight is 392 g/mol. The maximum absolute atomic E-state index is 14.4. The predicted molar refractivity (Wildman–Crippen MR) is 90.5 cm³/mol. The number of hydrogen-bond acceptors (Lipinski definition) is 3. The standard InChI is InChI=1S/C16H16Cl2FNO3S/c17-10-7-12-11(13(19)8-10)3-6-16-5-2-1-4-15(12,16)9-14(23-16)20-24(18,21)22/h7-8H,1-6,9H2. The fourth-order valence-electron chi connectivity index (χ4n) is 4.90. The Hall–Kier alpha value is -0.850. The van der Waals surface area contributed by atoms with E-state index in [2.05, 4.69) is 4.40 Å². The van der Waals surface area contributed by atoms with Crippen LogP contribution in [0, 0.1) is 5.82 Å². The fourth-order valence-corrected chi connectivity index (χ4v) is 5.68. The average Bonchev–Trinajstić information content (AvgIpc) is 2.79. The molecule has 1 aromatic carbocycles. The van der Waals surface area contributed by atoms with Crippen LogP contribution in [0.3, 0.4) is 0 Å². The lowest BCUT2D eigenvalue weighted by Gasteiger charge is -2.51. The quantitative estimate of drug-likeness (QED) is 0.671. The molecule has 1 saturated heterocycles. The van der Waals surface area contributed by atoms with Gasteiger partial charge in [0.15, 0.2) is 0 Å². The van der Waals surface area contributed by atoms with Crippen molar-refractivity contribution >= 4 is 37.4 Å². The van der Waals surface area contributed by atoms with Gasteiger partial charge in [-0.15, -0.1) is 4.40 Å². The van der Waals surface area contributed by atoms with Gasteiger partial charge in [-0.2, -0.15) is 8.42 Å². The second-order valence-corrected chi connectivity index (χ2v) is 9.49. The molecule has 1 saturated carbocycles. The first-order valence-electron chi connectivity index (χ1n) is 7.96. The smallest absolute Gasteiger partial charge is 0.342 e. The SMILES string of the molecule is O=S(=O)(Cl)N=C1CC23CCCCC2(CCc2c(F)cc(Cl)cc23)O1. The Balaban J connectivity index is 1.93. The first kappa shape index (κ1) is 16.6. The summed E-state index contributed by atoms with van der Waals surface area (Å²) in [5, 5.41) is 0.345. The minimum atomic E-state index is -4.06. The van der Waals surface area contributed by atoms with Crippen molar-refractivity contribution in [3.8, 4) is 0 Å². The highest BCUT2D eigenvalue weighted by atomic mass is 35.7. The van der Waals surface area contributed by atoms with Crippen molar-refractivity contribution in [3.05, 3.63) is 34.1 Å². The second-order valence-electron chi connectivity index (χ2n) is 6.87. The lowest BCUT2D eigenvalue weighted by Crippen LogP contribution is -2.54. The molecular weight excluding hydrogens is 376 g/mol. The van der Waals surface area contributed by atoms with Crippen molar-refractivity contribution in [2.24, 2.45) is 4.40 Å². The van der Waals surface area contributed by atoms with E-state index in [4.69, 9.17) is 27.0 Å². The van der Waals surface area contributed by atoms with Gasteiger partial charge in [-0.1, -0.05) is 18.0 Å². The Kier molecular flexibility index (Phi) is 3.68. The van der Waals surface area contributed by atoms with Crippen LogP contribution in [-0.4, -0.2) is 19.9 Å². The molecule has 0 N–H and O–H groups in total. The van der Waals surface area contributed by atoms with Crippen LogP contribution in [0.5, 0.6) is 0 Å². The molecule has 2 atom stereocenters. The molecule has 3 aliphatic rings. The maximum atomic E-state index is 14.4. The van der Waals surface area contributed by atoms with Crippen molar-refractivity contribution < 1.29 is 17.5 Å². The minimum Gasteiger partial charge on any atom is -0.473 e. The van der Waals surface area contributed by atoms with E-state index in [0.717, 1.165) is 31.2 Å². The molecule has 0 spiro atoms. The van der Waals surface area contributed by atoms with Crippen molar-refractivity contribution in [1.29, 1.82) is 0 Å². The van der Waals surface area contributed by atoms with Gasteiger partial charge in [0.05, 0.1) is 0 Å². The Morgan fingerprint density at radius 2 is 1.96 bits per heavy atom. The van der Waals surface area contributed by atoms with Gasteiger partial charge in [0.1, 0.15) is 11.4 Å². The summed E-state index contributed by atoms with van der Waals surface area (Å²) in [5.41, 5.74) is 0.479. The molecule has 24 heavy (non-hydrogen) atoms. The topological polar surface area (TPSA) is 55.7 Å². The first-order chi connectivity index (χ1) is 11.2. The van der Waals surface area contributed by atoms with Crippen molar-refractivity contribution in [3.63, 3.8) is 0 Å². The summed E-state index contributed by atoms with van der Waals surface area (Å²) in [4.78, 5) is 0. The van der Waals surface area contributed by atoms with Crippen LogP contribution in [0.1, 0.15) is 49.7 Å². The second kappa shape index (κ2) is 5.32. The predicted octanol–water partition coefficient (Wildman–Crippen LogP) is 4.28. The van der Waals surface area contributed by atoms with Gasteiger partial charge < -0.3 is 4.74 Å². The summed E-state index contributed by atoms with van der Waals surface area (Å²) < 4.78 is 46.8. The highest BCUT2D eigenvalue weighted by Crippen LogP contribution is 2.60. The molecule has 8 heteroatoms. The van der Waals surface area contributed by atoms with Crippen LogP contribution in [0.25, 0.3) is 0 Å². The number of ether oxygens (including phenoxy) is 1. The summed E-state index contributed by atoms with van der Waals surface area (Å²) >= 11 is 6.11. The van der Waals surface area contributed by atoms with Gasteiger partial charge in [-0.3, -0.25) is 0 Å². The minimum absolute atomic E-state index is 0.125. The first-order valence-corrected chi connectivity index (χ1v) is 10.6. The van der Waals surface area contributed by atoms with Crippen LogP contribution in [-0.2, 0) is 25.8 Å². The Labute approximate surface area is 149 Å². The van der Waals surface area contributed by atoms with E-state index in [1.165, 1.54) is 6.07 Å². The van der Waals surface area contributed by atoms with Crippen LogP contribution in [0.15, 0.2) is 16.5 Å². The number of halogens is 3. The molecule has 2 fully saturated rings. The molecular formula is C16H16Cl2FNO3S. The lowest BCUT2D eigenvalue weighted by molar-refractivity contribution is -0.0329. The molecule has 4 rings (SSSR count). The monoisotopic (exact) mass is 391 g/mol. The molecule has 0 aromatic heterocycles. The van der Waals surface area contributed by atoms with Crippen LogP contribution < -0.4 is 0 Å². The number of nitrogens with zero attached hydrogens (tertiary/aromatic N) is 1. The number of rotatable bonds is 1.